The number of nitrogens with zero attached hydrogens (tertiary/aromatic N) is 1. The maximum atomic E-state index is 10.9. The van der Waals surface area contributed by atoms with Gasteiger partial charge in [0.15, 0.2) is 5.75 Å². The second kappa shape index (κ2) is 5.31. The number of ether oxygens (including phenoxy) is 2. The maximum Gasteiger partial charge on any atom is 0.315 e. The first kappa shape index (κ1) is 13.0. The largest absolute Gasteiger partial charge is 0.493 e. The van der Waals surface area contributed by atoms with E-state index in [2.05, 4.69) is 6.58 Å². The number of rotatable bonds is 5. The number of aliphatic hydroxyl groups excluding tert-OH is 1. The van der Waals surface area contributed by atoms with Crippen LogP contribution < -0.4 is 9.47 Å². The van der Waals surface area contributed by atoms with Crippen molar-refractivity contribution in [1.82, 2.24) is 0 Å². The van der Waals surface area contributed by atoms with Gasteiger partial charge in [-0.3, -0.25) is 10.1 Å². The Labute approximate surface area is 98.2 Å². The zero-order valence-electron chi connectivity index (χ0n) is 9.54. The summed E-state index contributed by atoms with van der Waals surface area (Å²) in [6.07, 6.45) is 0.277. The molecule has 1 N–H and O–H groups in total. The molecule has 0 saturated carbocycles. The standard InChI is InChI=1S/C11H13NO5/c1-4-9(13)7-5-8(12(14)15)11(17-3)10(6-7)16-2/h4-6,9,13H,1H2,2-3H3. The Bertz CT molecular complexity index is 444. The second-order valence-electron chi connectivity index (χ2n) is 3.21. The molecular weight excluding hydrogens is 226 g/mol. The molecule has 6 heteroatoms. The van der Waals surface area contributed by atoms with Crippen molar-refractivity contribution in [3.05, 3.63) is 40.5 Å². The highest BCUT2D eigenvalue weighted by molar-refractivity contribution is 5.58. The van der Waals surface area contributed by atoms with Gasteiger partial charge in [-0.1, -0.05) is 6.08 Å². The Morgan fingerprint density at radius 1 is 1.47 bits per heavy atom. The van der Waals surface area contributed by atoms with E-state index in [1.807, 2.05) is 0 Å². The first-order valence-electron chi connectivity index (χ1n) is 4.76. The summed E-state index contributed by atoms with van der Waals surface area (Å²) in [5, 5.41) is 20.5. The second-order valence-corrected chi connectivity index (χ2v) is 3.21. The summed E-state index contributed by atoms with van der Waals surface area (Å²) in [6.45, 7) is 3.42. The van der Waals surface area contributed by atoms with Crippen molar-refractivity contribution in [2.45, 2.75) is 6.10 Å². The molecule has 0 aliphatic heterocycles. The zero-order chi connectivity index (χ0) is 13.0. The van der Waals surface area contributed by atoms with E-state index in [1.165, 1.54) is 32.4 Å². The number of nitro groups is 1. The quantitative estimate of drug-likeness (QED) is 0.481. The van der Waals surface area contributed by atoms with Crippen LogP contribution in [-0.4, -0.2) is 24.2 Å². The van der Waals surface area contributed by atoms with Gasteiger partial charge in [-0.05, 0) is 11.6 Å². The predicted molar refractivity (Wildman–Crippen MR) is 61.4 cm³/mol. The van der Waals surface area contributed by atoms with Crippen molar-refractivity contribution in [3.8, 4) is 11.5 Å². The van der Waals surface area contributed by atoms with Gasteiger partial charge in [0.25, 0.3) is 0 Å². The molecule has 0 aromatic heterocycles. The van der Waals surface area contributed by atoms with Crippen molar-refractivity contribution >= 4 is 5.69 Å². The fourth-order valence-electron chi connectivity index (χ4n) is 1.41. The fourth-order valence-corrected chi connectivity index (χ4v) is 1.41. The van der Waals surface area contributed by atoms with Crippen molar-refractivity contribution in [1.29, 1.82) is 0 Å². The Morgan fingerprint density at radius 3 is 2.53 bits per heavy atom. The molecule has 0 heterocycles. The highest BCUT2D eigenvalue weighted by Crippen LogP contribution is 2.39. The molecule has 6 nitrogen and oxygen atoms in total. The van der Waals surface area contributed by atoms with Gasteiger partial charge in [0.1, 0.15) is 0 Å². The summed E-state index contributed by atoms with van der Waals surface area (Å²) >= 11 is 0. The van der Waals surface area contributed by atoms with Crippen molar-refractivity contribution in [3.63, 3.8) is 0 Å². The first-order chi connectivity index (χ1) is 8.04. The summed E-state index contributed by atoms with van der Waals surface area (Å²) in [7, 11) is 2.68. The first-order valence-corrected chi connectivity index (χ1v) is 4.76. The smallest absolute Gasteiger partial charge is 0.315 e. The van der Waals surface area contributed by atoms with Crippen LogP contribution in [0.1, 0.15) is 11.7 Å². The summed E-state index contributed by atoms with van der Waals surface area (Å²) in [6, 6.07) is 2.70. The van der Waals surface area contributed by atoms with E-state index in [4.69, 9.17) is 9.47 Å². The average Bonchev–Trinajstić information content (AvgIpc) is 2.35. The normalized spacial score (nSPS) is 11.7. The van der Waals surface area contributed by atoms with Crippen LogP contribution in [0.25, 0.3) is 0 Å². The van der Waals surface area contributed by atoms with E-state index in [0.29, 0.717) is 5.56 Å². The van der Waals surface area contributed by atoms with E-state index in [0.717, 1.165) is 0 Å². The van der Waals surface area contributed by atoms with Gasteiger partial charge in [-0.25, -0.2) is 0 Å². The van der Waals surface area contributed by atoms with Crippen LogP contribution in [0, 0.1) is 10.1 Å². The van der Waals surface area contributed by atoms with Gasteiger partial charge >= 0.3 is 5.69 Å². The SMILES string of the molecule is C=CC(O)c1cc(OC)c(OC)c([N+](=O)[O-])c1. The number of methoxy groups -OCH3 is 2. The minimum atomic E-state index is -0.992. The third-order valence-electron chi connectivity index (χ3n) is 2.24. The van der Waals surface area contributed by atoms with Gasteiger partial charge in [0.05, 0.1) is 25.2 Å². The van der Waals surface area contributed by atoms with Crippen LogP contribution in [0.4, 0.5) is 5.69 Å². The molecular formula is C11H13NO5. The van der Waals surface area contributed by atoms with E-state index in [1.54, 1.807) is 0 Å². The number of hydrogen-bond donors (Lipinski definition) is 1. The predicted octanol–water partition coefficient (Wildman–Crippen LogP) is 1.83. The summed E-state index contributed by atoms with van der Waals surface area (Å²) < 4.78 is 9.91. The molecule has 1 aromatic rings. The van der Waals surface area contributed by atoms with Crippen molar-refractivity contribution in [2.75, 3.05) is 14.2 Å². The molecule has 0 amide bonds. The van der Waals surface area contributed by atoms with Crippen LogP contribution in [0.15, 0.2) is 24.8 Å². The molecule has 1 rings (SSSR count). The average molecular weight is 239 g/mol. The molecule has 1 unspecified atom stereocenters. The third-order valence-corrected chi connectivity index (χ3v) is 2.24. The van der Waals surface area contributed by atoms with Crippen molar-refractivity contribution in [2.24, 2.45) is 0 Å². The third kappa shape index (κ3) is 2.54. The molecule has 0 aliphatic carbocycles. The van der Waals surface area contributed by atoms with Gasteiger partial charge in [0.2, 0.25) is 5.75 Å². The number of aliphatic hydroxyl groups is 1. The zero-order valence-corrected chi connectivity index (χ0v) is 9.54. The molecule has 17 heavy (non-hydrogen) atoms. The van der Waals surface area contributed by atoms with Crippen LogP contribution in [0.2, 0.25) is 0 Å². The maximum absolute atomic E-state index is 10.9. The Hall–Kier alpha value is -2.08. The molecule has 0 saturated heterocycles. The van der Waals surface area contributed by atoms with E-state index in [-0.39, 0.29) is 17.2 Å². The lowest BCUT2D eigenvalue weighted by Crippen LogP contribution is -2.01. The molecule has 0 radical (unpaired) electrons. The lowest BCUT2D eigenvalue weighted by atomic mass is 10.1. The summed E-state index contributed by atoms with van der Waals surface area (Å²) in [4.78, 5) is 10.3. The summed E-state index contributed by atoms with van der Waals surface area (Å²) in [5.74, 6) is 0.218. The highest BCUT2D eigenvalue weighted by atomic mass is 16.6. The minimum Gasteiger partial charge on any atom is -0.493 e. The summed E-state index contributed by atoms with van der Waals surface area (Å²) in [5.41, 5.74) is 0.0621. The minimum absolute atomic E-state index is 0.0255. The van der Waals surface area contributed by atoms with Crippen LogP contribution in [-0.2, 0) is 0 Å². The van der Waals surface area contributed by atoms with Gasteiger partial charge in [-0.15, -0.1) is 6.58 Å². The number of nitro benzene ring substituents is 1. The molecule has 1 atom stereocenters. The molecule has 0 spiro atoms. The Morgan fingerprint density at radius 2 is 2.12 bits per heavy atom. The molecule has 0 aliphatic rings. The molecule has 1 aromatic carbocycles. The van der Waals surface area contributed by atoms with Crippen LogP contribution in [0.5, 0.6) is 11.5 Å². The fraction of sp³-hybridized carbons (Fsp3) is 0.273. The molecule has 92 valence electrons. The van der Waals surface area contributed by atoms with Gasteiger partial charge in [-0.2, -0.15) is 0 Å². The monoisotopic (exact) mass is 239 g/mol. The van der Waals surface area contributed by atoms with Crippen LogP contribution >= 0.6 is 0 Å². The number of benzene rings is 1. The molecule has 0 bridgehead atoms. The van der Waals surface area contributed by atoms with Crippen molar-refractivity contribution < 1.29 is 19.5 Å². The van der Waals surface area contributed by atoms with Gasteiger partial charge < -0.3 is 14.6 Å². The lowest BCUT2D eigenvalue weighted by Gasteiger charge is -2.12. The Balaban J connectivity index is 3.44. The Kier molecular flexibility index (Phi) is 4.06. The van der Waals surface area contributed by atoms with E-state index < -0.39 is 11.0 Å². The van der Waals surface area contributed by atoms with E-state index >= 15 is 0 Å². The number of hydrogen-bond acceptors (Lipinski definition) is 5. The topological polar surface area (TPSA) is 81.8 Å². The molecule has 0 fully saturated rings. The highest BCUT2D eigenvalue weighted by Gasteiger charge is 2.22. The van der Waals surface area contributed by atoms with E-state index in [9.17, 15) is 15.2 Å². The van der Waals surface area contributed by atoms with Gasteiger partial charge in [0, 0.05) is 6.07 Å². The van der Waals surface area contributed by atoms with Crippen LogP contribution in [0.3, 0.4) is 0 Å². The lowest BCUT2D eigenvalue weighted by molar-refractivity contribution is -0.385.